The van der Waals surface area contributed by atoms with Gasteiger partial charge in [0.25, 0.3) is 5.91 Å². The molecule has 0 spiro atoms. The van der Waals surface area contributed by atoms with Crippen LogP contribution in [-0.2, 0) is 23.6 Å². The number of hydrogen-bond donors (Lipinski definition) is 1. The first-order valence-corrected chi connectivity index (χ1v) is 12.0. The van der Waals surface area contributed by atoms with Crippen molar-refractivity contribution < 1.29 is 13.2 Å². The number of sulfonamides is 1. The summed E-state index contributed by atoms with van der Waals surface area (Å²) < 4.78 is 30.3. The van der Waals surface area contributed by atoms with E-state index in [-0.39, 0.29) is 22.4 Å². The maximum absolute atomic E-state index is 13.5. The minimum Gasteiger partial charge on any atom is -0.306 e. The van der Waals surface area contributed by atoms with Crippen molar-refractivity contribution in [3.05, 3.63) is 41.7 Å². The molecule has 3 aliphatic rings. The number of nitrogens with one attached hydrogen (secondary N) is 1. The predicted octanol–water partition coefficient (Wildman–Crippen LogP) is 1.86. The Morgan fingerprint density at radius 3 is 2.71 bits per heavy atom. The monoisotopic (exact) mass is 442 g/mol. The maximum Gasteiger partial charge on any atom is 0.263 e. The zero-order valence-corrected chi connectivity index (χ0v) is 18.7. The fourth-order valence-corrected chi connectivity index (χ4v) is 5.68. The van der Waals surface area contributed by atoms with Crippen LogP contribution in [-0.4, -0.2) is 53.1 Å². The standard InChI is InChI=1S/C21H26N6O3S/c1-4-15-11-22-20-26(13-14-10-23-25(3)12-14)19(28)17-9-16(5-6-18(17)27(15)20)31(29,30)24-21(2)7-8-21/h5-6,9-10,12,15,24H,4,7-8,11,13H2,1-3H3. The molecule has 3 heterocycles. The van der Waals surface area contributed by atoms with Crippen molar-refractivity contribution in [1.29, 1.82) is 0 Å². The highest BCUT2D eigenvalue weighted by Gasteiger charge is 2.44. The van der Waals surface area contributed by atoms with Gasteiger partial charge in [-0.25, -0.2) is 13.1 Å². The first-order valence-electron chi connectivity index (χ1n) is 10.5. The highest BCUT2D eigenvalue weighted by molar-refractivity contribution is 7.89. The molecule has 1 fully saturated rings. The Kier molecular flexibility index (Phi) is 4.49. The van der Waals surface area contributed by atoms with E-state index in [4.69, 9.17) is 0 Å². The van der Waals surface area contributed by atoms with E-state index in [1.807, 2.05) is 20.2 Å². The summed E-state index contributed by atoms with van der Waals surface area (Å²) in [6.07, 6.45) is 6.09. The SMILES string of the molecule is CCC1CN=C2N(Cc3cnn(C)c3)C(=O)c3cc(S(=O)(=O)NC4(C)CC4)ccc3N21. The molecule has 0 bridgehead atoms. The molecule has 1 aromatic carbocycles. The molecule has 1 aromatic heterocycles. The number of amides is 1. The van der Waals surface area contributed by atoms with Gasteiger partial charge in [0.2, 0.25) is 16.0 Å². The minimum atomic E-state index is -3.71. The topological polar surface area (TPSA) is 99.9 Å². The molecular formula is C21H26N6O3S. The van der Waals surface area contributed by atoms with Gasteiger partial charge in [-0.3, -0.25) is 19.4 Å². The average molecular weight is 443 g/mol. The zero-order chi connectivity index (χ0) is 22.0. The summed E-state index contributed by atoms with van der Waals surface area (Å²) in [5, 5.41) is 4.19. The third kappa shape index (κ3) is 3.43. The molecule has 1 saturated carbocycles. The number of fused-ring (bicyclic) bond motifs is 3. The molecule has 164 valence electrons. The molecule has 9 nitrogen and oxygen atoms in total. The van der Waals surface area contributed by atoms with Crippen molar-refractivity contribution >= 4 is 27.6 Å². The van der Waals surface area contributed by atoms with Crippen molar-refractivity contribution in [2.45, 2.75) is 56.1 Å². The lowest BCUT2D eigenvalue weighted by atomic mass is 10.1. The number of carbonyl (C=O) groups is 1. The van der Waals surface area contributed by atoms with E-state index < -0.39 is 10.0 Å². The van der Waals surface area contributed by atoms with E-state index in [2.05, 4.69) is 26.6 Å². The van der Waals surface area contributed by atoms with E-state index in [0.717, 1.165) is 24.8 Å². The molecule has 10 heteroatoms. The third-order valence-corrected chi connectivity index (χ3v) is 7.87. The number of hydrogen-bond acceptors (Lipinski definition) is 6. The number of aliphatic imine (C=N–C) groups is 1. The molecule has 0 radical (unpaired) electrons. The van der Waals surface area contributed by atoms with E-state index >= 15 is 0 Å². The summed E-state index contributed by atoms with van der Waals surface area (Å²) in [5.41, 5.74) is 1.60. The fourth-order valence-electron chi connectivity index (χ4n) is 4.19. The van der Waals surface area contributed by atoms with Crippen molar-refractivity contribution in [2.75, 3.05) is 11.4 Å². The number of aryl methyl sites for hydroxylation is 1. The van der Waals surface area contributed by atoms with Crippen LogP contribution in [0.25, 0.3) is 0 Å². The van der Waals surface area contributed by atoms with Gasteiger partial charge in [0.05, 0.1) is 41.5 Å². The number of anilines is 1. The molecule has 1 aliphatic carbocycles. The van der Waals surface area contributed by atoms with Gasteiger partial charge >= 0.3 is 0 Å². The number of carbonyl (C=O) groups excluding carboxylic acids is 1. The van der Waals surface area contributed by atoms with Gasteiger partial charge in [0, 0.05) is 24.3 Å². The average Bonchev–Trinajstić information content (AvgIpc) is 3.12. The molecule has 31 heavy (non-hydrogen) atoms. The third-order valence-electron chi connectivity index (χ3n) is 6.23. The van der Waals surface area contributed by atoms with Gasteiger partial charge in [0.15, 0.2) is 0 Å². The Morgan fingerprint density at radius 2 is 2.06 bits per heavy atom. The second kappa shape index (κ2) is 6.89. The number of rotatable bonds is 6. The summed E-state index contributed by atoms with van der Waals surface area (Å²) in [6, 6.07) is 4.95. The molecule has 2 aromatic rings. The molecule has 1 unspecified atom stereocenters. The minimum absolute atomic E-state index is 0.113. The van der Waals surface area contributed by atoms with Crippen molar-refractivity contribution in [3.63, 3.8) is 0 Å². The molecule has 1 atom stereocenters. The van der Waals surface area contributed by atoms with Gasteiger partial charge in [0.1, 0.15) is 0 Å². The van der Waals surface area contributed by atoms with E-state index in [0.29, 0.717) is 30.3 Å². The van der Waals surface area contributed by atoms with Crippen LogP contribution in [0.3, 0.4) is 0 Å². The van der Waals surface area contributed by atoms with Gasteiger partial charge < -0.3 is 4.90 Å². The van der Waals surface area contributed by atoms with Crippen molar-refractivity contribution in [1.82, 2.24) is 19.4 Å². The second-order valence-corrected chi connectivity index (χ2v) is 10.5. The van der Waals surface area contributed by atoms with E-state index in [9.17, 15) is 13.2 Å². The lowest BCUT2D eigenvalue weighted by Crippen LogP contribution is -2.52. The van der Waals surface area contributed by atoms with Crippen LogP contribution in [0.4, 0.5) is 5.69 Å². The van der Waals surface area contributed by atoms with Crippen LogP contribution in [0, 0.1) is 0 Å². The van der Waals surface area contributed by atoms with Crippen LogP contribution >= 0.6 is 0 Å². The Balaban J connectivity index is 1.56. The summed E-state index contributed by atoms with van der Waals surface area (Å²) in [7, 11) is -1.88. The van der Waals surface area contributed by atoms with Gasteiger partial charge in [-0.15, -0.1) is 0 Å². The molecule has 2 aliphatic heterocycles. The van der Waals surface area contributed by atoms with Crippen molar-refractivity contribution in [2.24, 2.45) is 12.0 Å². The van der Waals surface area contributed by atoms with E-state index in [1.165, 1.54) is 6.07 Å². The fraction of sp³-hybridized carbons (Fsp3) is 0.476. The maximum atomic E-state index is 13.5. The number of aromatic nitrogens is 2. The van der Waals surface area contributed by atoms with Crippen LogP contribution in [0.15, 0.2) is 40.5 Å². The summed E-state index contributed by atoms with van der Waals surface area (Å²) in [6.45, 7) is 4.90. The molecular weight excluding hydrogens is 416 g/mol. The number of guanidine groups is 1. The highest BCUT2D eigenvalue weighted by Crippen LogP contribution is 2.38. The lowest BCUT2D eigenvalue weighted by molar-refractivity contribution is 0.0832. The highest BCUT2D eigenvalue weighted by atomic mass is 32.2. The largest absolute Gasteiger partial charge is 0.306 e. The Labute approximate surface area is 181 Å². The Morgan fingerprint density at radius 1 is 1.29 bits per heavy atom. The van der Waals surface area contributed by atoms with Crippen LogP contribution in [0.2, 0.25) is 0 Å². The number of nitrogens with zero attached hydrogens (tertiary/aromatic N) is 5. The predicted molar refractivity (Wildman–Crippen MR) is 116 cm³/mol. The van der Waals surface area contributed by atoms with Crippen LogP contribution in [0.5, 0.6) is 0 Å². The molecule has 0 saturated heterocycles. The molecule has 5 rings (SSSR count). The second-order valence-electron chi connectivity index (χ2n) is 8.83. The zero-order valence-electron chi connectivity index (χ0n) is 17.9. The summed E-state index contributed by atoms with van der Waals surface area (Å²) in [4.78, 5) is 22.0. The first kappa shape index (κ1) is 20.2. The Hall–Kier alpha value is -2.72. The normalized spacial score (nSPS) is 21.7. The molecule has 1 amide bonds. The van der Waals surface area contributed by atoms with Gasteiger partial charge in [-0.2, -0.15) is 5.10 Å². The lowest BCUT2D eigenvalue weighted by Gasteiger charge is -2.38. The van der Waals surface area contributed by atoms with Gasteiger partial charge in [-0.05, 0) is 44.4 Å². The quantitative estimate of drug-likeness (QED) is 0.736. The van der Waals surface area contributed by atoms with Crippen LogP contribution in [0.1, 0.15) is 49.0 Å². The number of benzene rings is 1. The smallest absolute Gasteiger partial charge is 0.263 e. The summed E-state index contributed by atoms with van der Waals surface area (Å²) in [5.74, 6) is 0.368. The Bertz CT molecular complexity index is 1200. The van der Waals surface area contributed by atoms with Crippen LogP contribution < -0.4 is 9.62 Å². The van der Waals surface area contributed by atoms with Crippen molar-refractivity contribution in [3.8, 4) is 0 Å². The van der Waals surface area contributed by atoms with E-state index in [1.54, 1.807) is 27.9 Å². The van der Waals surface area contributed by atoms with Gasteiger partial charge in [-0.1, -0.05) is 6.92 Å². The first-order chi connectivity index (χ1) is 14.7. The molecule has 1 N–H and O–H groups in total. The summed E-state index contributed by atoms with van der Waals surface area (Å²) >= 11 is 0.